The molecular weight excluding hydrogens is 266 g/mol. The summed E-state index contributed by atoms with van der Waals surface area (Å²) in [6, 6.07) is 0. The molecular formula is C9H19NO5S2. The van der Waals surface area contributed by atoms with E-state index in [0.29, 0.717) is 5.75 Å². The molecule has 0 aromatic carbocycles. The number of esters is 1. The molecule has 0 saturated heterocycles. The average Bonchev–Trinajstić information content (AvgIpc) is 2.24. The number of ether oxygens (including phenoxy) is 1. The Morgan fingerprint density at radius 3 is 2.53 bits per heavy atom. The Labute approximate surface area is 106 Å². The molecule has 0 aliphatic carbocycles. The van der Waals surface area contributed by atoms with Gasteiger partial charge in [-0.15, -0.1) is 0 Å². The van der Waals surface area contributed by atoms with Gasteiger partial charge in [0.1, 0.15) is 0 Å². The number of methoxy groups -OCH3 is 1. The van der Waals surface area contributed by atoms with Crippen molar-refractivity contribution in [3.63, 3.8) is 0 Å². The molecule has 0 spiro atoms. The van der Waals surface area contributed by atoms with E-state index in [1.807, 2.05) is 0 Å². The molecule has 0 fully saturated rings. The first-order valence-electron chi connectivity index (χ1n) is 4.94. The minimum Gasteiger partial charge on any atom is -0.468 e. The second-order valence-corrected chi connectivity index (χ2v) is 6.91. The van der Waals surface area contributed by atoms with E-state index in [9.17, 15) is 18.3 Å². The predicted molar refractivity (Wildman–Crippen MR) is 67.4 cm³/mol. The van der Waals surface area contributed by atoms with E-state index in [4.69, 9.17) is 0 Å². The highest BCUT2D eigenvalue weighted by molar-refractivity contribution is 7.98. The Hall–Kier alpha value is -0.310. The highest BCUT2D eigenvalue weighted by atomic mass is 32.2. The molecule has 0 rings (SSSR count). The smallest absolute Gasteiger partial charge is 0.325 e. The Morgan fingerprint density at radius 2 is 2.12 bits per heavy atom. The van der Waals surface area contributed by atoms with E-state index >= 15 is 0 Å². The van der Waals surface area contributed by atoms with E-state index in [1.54, 1.807) is 6.26 Å². The summed E-state index contributed by atoms with van der Waals surface area (Å²) in [5.74, 6) is -0.440. The summed E-state index contributed by atoms with van der Waals surface area (Å²) >= 11 is 1.40. The number of carbonyl (C=O) groups is 1. The number of thioether (sulfide) groups is 1. The minimum atomic E-state index is -3.82. The third-order valence-corrected chi connectivity index (χ3v) is 4.69. The molecule has 2 N–H and O–H groups in total. The lowest BCUT2D eigenvalue weighted by Gasteiger charge is -2.23. The van der Waals surface area contributed by atoms with Crippen molar-refractivity contribution in [3.8, 4) is 0 Å². The van der Waals surface area contributed by atoms with Gasteiger partial charge in [-0.3, -0.25) is 4.79 Å². The van der Waals surface area contributed by atoms with Gasteiger partial charge in [-0.25, -0.2) is 13.1 Å². The maximum Gasteiger partial charge on any atom is 0.325 e. The van der Waals surface area contributed by atoms with Crippen LogP contribution in [-0.4, -0.2) is 56.0 Å². The van der Waals surface area contributed by atoms with Crippen LogP contribution in [0.4, 0.5) is 0 Å². The van der Waals surface area contributed by atoms with Crippen molar-refractivity contribution >= 4 is 27.8 Å². The van der Waals surface area contributed by atoms with Crippen LogP contribution in [0.3, 0.4) is 0 Å². The monoisotopic (exact) mass is 285 g/mol. The lowest BCUT2D eigenvalue weighted by molar-refractivity contribution is -0.139. The molecule has 0 aliphatic rings. The molecule has 0 aromatic heterocycles. The Morgan fingerprint density at radius 1 is 1.59 bits per heavy atom. The molecule has 0 aromatic rings. The molecule has 102 valence electrons. The number of hydrogen-bond acceptors (Lipinski definition) is 6. The molecule has 17 heavy (non-hydrogen) atoms. The highest BCUT2D eigenvalue weighted by Gasteiger charge is 2.31. The maximum absolute atomic E-state index is 11.7. The molecule has 8 heteroatoms. The van der Waals surface area contributed by atoms with Crippen LogP contribution in [0.25, 0.3) is 0 Å². The maximum atomic E-state index is 11.7. The van der Waals surface area contributed by atoms with Gasteiger partial charge in [0.2, 0.25) is 10.0 Å². The van der Waals surface area contributed by atoms with Gasteiger partial charge < -0.3 is 9.84 Å². The van der Waals surface area contributed by atoms with Gasteiger partial charge in [0.15, 0.2) is 5.25 Å². The SMILES string of the molecule is COC(=O)C(C)S(=O)(=O)NCC(C)(O)CSC. The first-order chi connectivity index (χ1) is 7.66. The predicted octanol–water partition coefficient (Wildman–Crippen LogP) is -0.419. The van der Waals surface area contributed by atoms with Gasteiger partial charge in [0, 0.05) is 12.3 Å². The van der Waals surface area contributed by atoms with Crippen LogP contribution in [0.2, 0.25) is 0 Å². The third-order valence-electron chi connectivity index (χ3n) is 2.11. The minimum absolute atomic E-state index is 0.141. The Balaban J connectivity index is 4.52. The molecule has 0 aliphatic heterocycles. The Kier molecular flexibility index (Phi) is 6.46. The molecule has 0 heterocycles. The van der Waals surface area contributed by atoms with Crippen LogP contribution < -0.4 is 4.72 Å². The topological polar surface area (TPSA) is 92.7 Å². The third kappa shape index (κ3) is 5.71. The van der Waals surface area contributed by atoms with E-state index < -0.39 is 26.8 Å². The molecule has 6 nitrogen and oxygen atoms in total. The van der Waals surface area contributed by atoms with Crippen molar-refractivity contribution in [1.82, 2.24) is 4.72 Å². The number of aliphatic hydroxyl groups is 1. The number of rotatable bonds is 7. The fourth-order valence-corrected chi connectivity index (χ4v) is 2.87. The number of sulfonamides is 1. The standard InChI is InChI=1S/C9H19NO5S2/c1-7(8(11)15-3)17(13,14)10-5-9(2,12)6-16-4/h7,10,12H,5-6H2,1-4H3. The lowest BCUT2D eigenvalue weighted by atomic mass is 10.1. The first-order valence-corrected chi connectivity index (χ1v) is 7.88. The van der Waals surface area contributed by atoms with Crippen LogP contribution in [-0.2, 0) is 19.6 Å². The van der Waals surface area contributed by atoms with Crippen molar-refractivity contribution in [1.29, 1.82) is 0 Å². The molecule has 0 amide bonds. The summed E-state index contributed by atoms with van der Waals surface area (Å²) in [5, 5.41) is 8.50. The summed E-state index contributed by atoms with van der Waals surface area (Å²) in [4.78, 5) is 11.1. The molecule has 0 saturated carbocycles. The highest BCUT2D eigenvalue weighted by Crippen LogP contribution is 2.10. The summed E-state index contributed by atoms with van der Waals surface area (Å²) in [7, 11) is -2.69. The van der Waals surface area contributed by atoms with E-state index in [1.165, 1.54) is 25.6 Å². The lowest BCUT2D eigenvalue weighted by Crippen LogP contribution is -2.46. The summed E-state index contributed by atoms with van der Waals surface area (Å²) in [5.41, 5.74) is -1.15. The van der Waals surface area contributed by atoms with E-state index in [0.717, 1.165) is 7.11 Å². The zero-order valence-electron chi connectivity index (χ0n) is 10.4. The second-order valence-electron chi connectivity index (χ2n) is 3.96. The van der Waals surface area contributed by atoms with Gasteiger partial charge in [-0.05, 0) is 20.1 Å². The fraction of sp³-hybridized carbons (Fsp3) is 0.889. The van der Waals surface area contributed by atoms with Crippen LogP contribution >= 0.6 is 11.8 Å². The first kappa shape index (κ1) is 16.7. The fourth-order valence-electron chi connectivity index (χ4n) is 1.04. The quantitative estimate of drug-likeness (QED) is 0.617. The van der Waals surface area contributed by atoms with Crippen LogP contribution in [0.1, 0.15) is 13.8 Å². The van der Waals surface area contributed by atoms with Gasteiger partial charge in [0.25, 0.3) is 0 Å². The number of nitrogens with one attached hydrogen (secondary N) is 1. The van der Waals surface area contributed by atoms with Crippen LogP contribution in [0.5, 0.6) is 0 Å². The summed E-state index contributed by atoms with van der Waals surface area (Å²) in [6.07, 6.45) is 1.81. The van der Waals surface area contributed by atoms with Crippen molar-refractivity contribution < 1.29 is 23.1 Å². The van der Waals surface area contributed by atoms with Gasteiger partial charge >= 0.3 is 5.97 Å². The largest absolute Gasteiger partial charge is 0.468 e. The second kappa shape index (κ2) is 6.58. The van der Waals surface area contributed by atoms with Gasteiger partial charge in [0.05, 0.1) is 12.7 Å². The normalized spacial score (nSPS) is 17.2. The van der Waals surface area contributed by atoms with Crippen molar-refractivity contribution in [2.75, 3.05) is 25.7 Å². The van der Waals surface area contributed by atoms with Crippen molar-refractivity contribution in [2.45, 2.75) is 24.7 Å². The number of carbonyl (C=O) groups excluding carboxylic acids is 1. The molecule has 2 atom stereocenters. The van der Waals surface area contributed by atoms with E-state index in [-0.39, 0.29) is 6.54 Å². The molecule has 2 unspecified atom stereocenters. The van der Waals surface area contributed by atoms with Crippen molar-refractivity contribution in [2.24, 2.45) is 0 Å². The van der Waals surface area contributed by atoms with E-state index in [2.05, 4.69) is 9.46 Å². The Bertz CT molecular complexity index is 352. The van der Waals surface area contributed by atoms with Gasteiger partial charge in [-0.1, -0.05) is 0 Å². The zero-order valence-corrected chi connectivity index (χ0v) is 12.0. The summed E-state index contributed by atoms with van der Waals surface area (Å²) < 4.78 is 29.9. The van der Waals surface area contributed by atoms with Crippen LogP contribution in [0.15, 0.2) is 0 Å². The number of hydrogen-bond donors (Lipinski definition) is 2. The average molecular weight is 285 g/mol. The molecule has 0 bridgehead atoms. The van der Waals surface area contributed by atoms with Crippen LogP contribution in [0, 0.1) is 0 Å². The van der Waals surface area contributed by atoms with Gasteiger partial charge in [-0.2, -0.15) is 11.8 Å². The summed E-state index contributed by atoms with van der Waals surface area (Å²) in [6.45, 7) is 2.61. The molecule has 0 radical (unpaired) electrons. The zero-order chi connectivity index (χ0) is 13.7. The van der Waals surface area contributed by atoms with Crippen molar-refractivity contribution in [3.05, 3.63) is 0 Å².